The van der Waals surface area contributed by atoms with E-state index >= 15 is 0 Å². The van der Waals surface area contributed by atoms with E-state index in [2.05, 4.69) is 0 Å². The van der Waals surface area contributed by atoms with Gasteiger partial charge in [0.15, 0.2) is 0 Å². The number of hydrogen-bond donors (Lipinski definition) is 1. The average molecular weight is 251 g/mol. The first-order valence-electron chi connectivity index (χ1n) is 5.68. The minimum absolute atomic E-state index is 0.448. The Hall–Kier alpha value is -1.07. The third-order valence-electron chi connectivity index (χ3n) is 3.03. The van der Waals surface area contributed by atoms with Gasteiger partial charge in [0, 0.05) is 5.92 Å². The van der Waals surface area contributed by atoms with E-state index in [1.54, 1.807) is 12.2 Å². The van der Waals surface area contributed by atoms with Crippen LogP contribution in [0.25, 0.3) is 0 Å². The Morgan fingerprint density at radius 1 is 1.35 bits per heavy atom. The van der Waals surface area contributed by atoms with Crippen molar-refractivity contribution in [2.75, 3.05) is 6.54 Å². The number of amides is 1. The van der Waals surface area contributed by atoms with Crippen molar-refractivity contribution in [2.24, 2.45) is 11.8 Å². The van der Waals surface area contributed by atoms with Gasteiger partial charge in [0.1, 0.15) is 6.54 Å². The highest BCUT2D eigenvalue weighted by molar-refractivity contribution is 6.36. The Morgan fingerprint density at radius 2 is 1.94 bits per heavy atom. The molecule has 17 heavy (non-hydrogen) atoms. The van der Waals surface area contributed by atoms with Crippen LogP contribution in [-0.4, -0.2) is 24.4 Å². The predicted octanol–water partition coefficient (Wildman–Crippen LogP) is 2.06. The minimum atomic E-state index is -4.48. The summed E-state index contributed by atoms with van der Waals surface area (Å²) in [5.74, 6) is -1.92. The summed E-state index contributed by atoms with van der Waals surface area (Å²) in [5.41, 5.74) is 0. The number of hydrogen-bond acceptors (Lipinski definition) is 2. The molecule has 0 aromatic heterocycles. The zero-order valence-electron chi connectivity index (χ0n) is 9.64. The Morgan fingerprint density at radius 3 is 2.35 bits per heavy atom. The number of Topliss-reactive ketones (excluding diaryl/α,β-unsaturated/α-hetero) is 1. The van der Waals surface area contributed by atoms with Crippen LogP contribution in [0.1, 0.15) is 32.6 Å². The lowest BCUT2D eigenvalue weighted by Gasteiger charge is -2.27. The van der Waals surface area contributed by atoms with Gasteiger partial charge in [0.2, 0.25) is 5.78 Å². The van der Waals surface area contributed by atoms with Crippen molar-refractivity contribution in [1.82, 2.24) is 5.32 Å². The molecule has 0 aliphatic heterocycles. The first-order valence-corrected chi connectivity index (χ1v) is 5.68. The number of carbonyl (C=O) groups excluding carboxylic acids is 2. The third-order valence-corrected chi connectivity index (χ3v) is 3.03. The molecule has 6 heteroatoms. The molecular formula is C11H16F3NO2. The molecule has 1 saturated carbocycles. The van der Waals surface area contributed by atoms with Crippen molar-refractivity contribution in [1.29, 1.82) is 0 Å². The minimum Gasteiger partial charge on any atom is -0.340 e. The molecule has 0 aromatic carbocycles. The van der Waals surface area contributed by atoms with Gasteiger partial charge in [0.05, 0.1) is 0 Å². The lowest BCUT2D eigenvalue weighted by Crippen LogP contribution is -2.40. The van der Waals surface area contributed by atoms with Crippen LogP contribution in [-0.2, 0) is 9.59 Å². The number of carbonyl (C=O) groups is 2. The topological polar surface area (TPSA) is 46.2 Å². The standard InChI is InChI=1S/C11H16F3NO2/c1-7(5-8-3-2-4-8)9(16)10(17)15-6-11(12,13)14/h7-8H,2-6H2,1H3,(H,15,17). The van der Waals surface area contributed by atoms with Crippen LogP contribution in [0.5, 0.6) is 0 Å². The smallest absolute Gasteiger partial charge is 0.340 e. The van der Waals surface area contributed by atoms with Crippen LogP contribution >= 0.6 is 0 Å². The quantitative estimate of drug-likeness (QED) is 0.760. The van der Waals surface area contributed by atoms with Gasteiger partial charge in [-0.1, -0.05) is 26.2 Å². The normalized spacial score (nSPS) is 18.4. The van der Waals surface area contributed by atoms with Crippen molar-refractivity contribution >= 4 is 11.7 Å². The number of nitrogens with one attached hydrogen (secondary N) is 1. The van der Waals surface area contributed by atoms with Crippen LogP contribution in [0.15, 0.2) is 0 Å². The van der Waals surface area contributed by atoms with E-state index in [9.17, 15) is 22.8 Å². The van der Waals surface area contributed by atoms with E-state index in [1.165, 1.54) is 0 Å². The number of alkyl halides is 3. The Kier molecular flexibility index (Phi) is 4.54. The zero-order chi connectivity index (χ0) is 13.1. The Balaban J connectivity index is 2.32. The van der Waals surface area contributed by atoms with Crippen molar-refractivity contribution in [3.63, 3.8) is 0 Å². The molecule has 1 amide bonds. The molecule has 1 aliphatic rings. The van der Waals surface area contributed by atoms with E-state index in [4.69, 9.17) is 0 Å². The molecule has 98 valence electrons. The fourth-order valence-corrected chi connectivity index (χ4v) is 1.83. The molecule has 1 fully saturated rings. The first-order chi connectivity index (χ1) is 7.79. The largest absolute Gasteiger partial charge is 0.405 e. The second-order valence-corrected chi connectivity index (χ2v) is 4.60. The van der Waals surface area contributed by atoms with Crippen LogP contribution < -0.4 is 5.32 Å². The Bertz CT molecular complexity index is 298. The summed E-state index contributed by atoms with van der Waals surface area (Å²) in [6.07, 6.45) is -0.666. The second kappa shape index (κ2) is 5.51. The summed E-state index contributed by atoms with van der Waals surface area (Å²) >= 11 is 0. The molecule has 1 N–H and O–H groups in total. The summed E-state index contributed by atoms with van der Waals surface area (Å²) in [7, 11) is 0. The zero-order valence-corrected chi connectivity index (χ0v) is 9.64. The second-order valence-electron chi connectivity index (χ2n) is 4.60. The molecule has 0 heterocycles. The maximum absolute atomic E-state index is 11.8. The molecule has 1 aliphatic carbocycles. The van der Waals surface area contributed by atoms with Crippen molar-refractivity contribution < 1.29 is 22.8 Å². The molecule has 1 rings (SSSR count). The average Bonchev–Trinajstić information content (AvgIpc) is 2.17. The van der Waals surface area contributed by atoms with E-state index in [-0.39, 0.29) is 0 Å². The van der Waals surface area contributed by atoms with Crippen LogP contribution in [0.4, 0.5) is 13.2 Å². The van der Waals surface area contributed by atoms with Gasteiger partial charge >= 0.3 is 6.18 Å². The maximum Gasteiger partial charge on any atom is 0.405 e. The van der Waals surface area contributed by atoms with E-state index in [0.717, 1.165) is 19.3 Å². The summed E-state index contributed by atoms with van der Waals surface area (Å²) in [6.45, 7) is 0.140. The fourth-order valence-electron chi connectivity index (χ4n) is 1.83. The highest BCUT2D eigenvalue weighted by Crippen LogP contribution is 2.32. The summed E-state index contributed by atoms with van der Waals surface area (Å²) in [6, 6.07) is 0. The molecule has 0 saturated heterocycles. The molecule has 3 nitrogen and oxygen atoms in total. The van der Waals surface area contributed by atoms with E-state index < -0.39 is 30.3 Å². The first kappa shape index (κ1) is 14.0. The number of rotatable bonds is 5. The van der Waals surface area contributed by atoms with Gasteiger partial charge in [-0.05, 0) is 12.3 Å². The monoisotopic (exact) mass is 251 g/mol. The molecule has 0 bridgehead atoms. The molecular weight excluding hydrogens is 235 g/mol. The lowest BCUT2D eigenvalue weighted by atomic mass is 9.78. The molecule has 0 radical (unpaired) electrons. The van der Waals surface area contributed by atoms with E-state index in [0.29, 0.717) is 12.3 Å². The van der Waals surface area contributed by atoms with Gasteiger partial charge in [-0.2, -0.15) is 13.2 Å². The fraction of sp³-hybridized carbons (Fsp3) is 0.818. The van der Waals surface area contributed by atoms with Gasteiger partial charge < -0.3 is 5.32 Å². The van der Waals surface area contributed by atoms with Crippen LogP contribution in [0.3, 0.4) is 0 Å². The molecule has 0 spiro atoms. The predicted molar refractivity (Wildman–Crippen MR) is 55.2 cm³/mol. The maximum atomic E-state index is 11.8. The van der Waals surface area contributed by atoms with Crippen molar-refractivity contribution in [3.8, 4) is 0 Å². The summed E-state index contributed by atoms with van der Waals surface area (Å²) in [4.78, 5) is 22.6. The van der Waals surface area contributed by atoms with Crippen molar-refractivity contribution in [2.45, 2.75) is 38.8 Å². The van der Waals surface area contributed by atoms with Crippen molar-refractivity contribution in [3.05, 3.63) is 0 Å². The lowest BCUT2D eigenvalue weighted by molar-refractivity contribution is -0.147. The van der Waals surface area contributed by atoms with Crippen LogP contribution in [0, 0.1) is 11.8 Å². The molecule has 0 aromatic rings. The Labute approximate surface area is 97.8 Å². The SMILES string of the molecule is CC(CC1CCC1)C(=O)C(=O)NCC(F)(F)F. The van der Waals surface area contributed by atoms with Crippen LogP contribution in [0.2, 0.25) is 0 Å². The summed E-state index contributed by atoms with van der Waals surface area (Å²) < 4.78 is 35.5. The third kappa shape index (κ3) is 4.75. The van der Waals surface area contributed by atoms with E-state index in [1.807, 2.05) is 0 Å². The van der Waals surface area contributed by atoms with Gasteiger partial charge in [-0.25, -0.2) is 0 Å². The number of ketones is 1. The van der Waals surface area contributed by atoms with Gasteiger partial charge in [-0.15, -0.1) is 0 Å². The molecule has 1 unspecified atom stereocenters. The van der Waals surface area contributed by atoms with Gasteiger partial charge in [0.25, 0.3) is 5.91 Å². The van der Waals surface area contributed by atoms with Gasteiger partial charge in [-0.3, -0.25) is 9.59 Å². The highest BCUT2D eigenvalue weighted by Gasteiger charge is 2.31. The number of halogens is 3. The summed E-state index contributed by atoms with van der Waals surface area (Å²) in [5, 5.41) is 1.60. The molecule has 1 atom stereocenters. The highest BCUT2D eigenvalue weighted by atomic mass is 19.4.